The average Bonchev–Trinajstić information content (AvgIpc) is 2.45. The second kappa shape index (κ2) is 8.39. The van der Waals surface area contributed by atoms with E-state index in [9.17, 15) is 4.79 Å². The van der Waals surface area contributed by atoms with Crippen molar-refractivity contribution in [3.63, 3.8) is 0 Å². The molecule has 1 amide bonds. The third-order valence-corrected chi connectivity index (χ3v) is 3.51. The standard InChI is InChI=1S/C17H26N2O2.ClH/c1-17(2,3)21-16(20)19-11-7-10-15(13-19)18-12-14-8-5-4-6-9-14;/h4-6,8-9,15,18H,7,10-13H2,1-3H3;1H. The summed E-state index contributed by atoms with van der Waals surface area (Å²) >= 11 is 0. The summed E-state index contributed by atoms with van der Waals surface area (Å²) in [5.41, 5.74) is 0.841. The first-order chi connectivity index (χ1) is 9.94. The number of rotatable bonds is 3. The van der Waals surface area contributed by atoms with E-state index in [2.05, 4.69) is 17.4 Å². The van der Waals surface area contributed by atoms with E-state index in [1.165, 1.54) is 5.56 Å². The molecule has 124 valence electrons. The fourth-order valence-electron chi connectivity index (χ4n) is 2.49. The minimum absolute atomic E-state index is 0. The Morgan fingerprint density at radius 2 is 2.00 bits per heavy atom. The van der Waals surface area contributed by atoms with Crippen molar-refractivity contribution in [1.29, 1.82) is 0 Å². The quantitative estimate of drug-likeness (QED) is 0.922. The van der Waals surface area contributed by atoms with Crippen LogP contribution in [-0.2, 0) is 11.3 Å². The molecule has 5 heteroatoms. The Bertz CT molecular complexity index is 459. The first kappa shape index (κ1) is 18.8. The molecule has 2 rings (SSSR count). The number of halogens is 1. The Balaban J connectivity index is 0.00000242. The summed E-state index contributed by atoms with van der Waals surface area (Å²) in [6.07, 6.45) is 1.92. The topological polar surface area (TPSA) is 41.6 Å². The number of likely N-dealkylation sites (tertiary alicyclic amines) is 1. The Kier molecular flexibility index (Phi) is 7.17. The van der Waals surface area contributed by atoms with Crippen LogP contribution in [0.1, 0.15) is 39.2 Å². The number of piperidine rings is 1. The van der Waals surface area contributed by atoms with Crippen LogP contribution in [0.2, 0.25) is 0 Å². The molecule has 0 radical (unpaired) electrons. The van der Waals surface area contributed by atoms with Crippen molar-refractivity contribution in [1.82, 2.24) is 10.2 Å². The molecule has 0 aromatic heterocycles. The van der Waals surface area contributed by atoms with Gasteiger partial charge in [0, 0.05) is 25.7 Å². The summed E-state index contributed by atoms with van der Waals surface area (Å²) in [6, 6.07) is 10.7. The second-order valence-electron chi connectivity index (χ2n) is 6.63. The van der Waals surface area contributed by atoms with Crippen LogP contribution in [0.5, 0.6) is 0 Å². The molecule has 0 aliphatic carbocycles. The fraction of sp³-hybridized carbons (Fsp3) is 0.588. The fourth-order valence-corrected chi connectivity index (χ4v) is 2.49. The summed E-state index contributed by atoms with van der Waals surface area (Å²) < 4.78 is 5.45. The van der Waals surface area contributed by atoms with Gasteiger partial charge in [0.2, 0.25) is 0 Å². The number of benzene rings is 1. The molecule has 1 saturated heterocycles. The van der Waals surface area contributed by atoms with E-state index in [4.69, 9.17) is 4.74 Å². The van der Waals surface area contributed by atoms with Gasteiger partial charge in [0.1, 0.15) is 5.60 Å². The minimum Gasteiger partial charge on any atom is -0.444 e. The number of ether oxygens (including phenoxy) is 1. The van der Waals surface area contributed by atoms with Gasteiger partial charge in [-0.05, 0) is 39.2 Å². The zero-order valence-corrected chi connectivity index (χ0v) is 14.5. The van der Waals surface area contributed by atoms with Crippen LogP contribution in [0.3, 0.4) is 0 Å². The highest BCUT2D eigenvalue weighted by Crippen LogP contribution is 2.15. The number of hydrogen-bond acceptors (Lipinski definition) is 3. The van der Waals surface area contributed by atoms with Crippen LogP contribution in [0.25, 0.3) is 0 Å². The van der Waals surface area contributed by atoms with Crippen molar-refractivity contribution in [2.75, 3.05) is 13.1 Å². The predicted molar refractivity (Wildman–Crippen MR) is 91.4 cm³/mol. The predicted octanol–water partition coefficient (Wildman–Crippen LogP) is 3.60. The van der Waals surface area contributed by atoms with E-state index < -0.39 is 5.60 Å². The van der Waals surface area contributed by atoms with Gasteiger partial charge in [-0.15, -0.1) is 12.4 Å². The molecule has 1 aromatic carbocycles. The molecule has 1 aliphatic rings. The number of carbonyl (C=O) groups is 1. The lowest BCUT2D eigenvalue weighted by Gasteiger charge is -2.34. The van der Waals surface area contributed by atoms with Gasteiger partial charge in [0.05, 0.1) is 0 Å². The van der Waals surface area contributed by atoms with Crippen molar-refractivity contribution in [2.24, 2.45) is 0 Å². The van der Waals surface area contributed by atoms with Gasteiger partial charge in [-0.1, -0.05) is 30.3 Å². The third-order valence-electron chi connectivity index (χ3n) is 3.51. The van der Waals surface area contributed by atoms with Crippen LogP contribution in [0.4, 0.5) is 4.79 Å². The summed E-state index contributed by atoms with van der Waals surface area (Å²) in [7, 11) is 0. The van der Waals surface area contributed by atoms with Gasteiger partial charge < -0.3 is 15.0 Å². The minimum atomic E-state index is -0.429. The molecule has 1 fully saturated rings. The molecule has 0 spiro atoms. The molecular formula is C17H27ClN2O2. The highest BCUT2D eigenvalue weighted by atomic mass is 35.5. The van der Waals surface area contributed by atoms with Crippen molar-refractivity contribution >= 4 is 18.5 Å². The molecule has 1 atom stereocenters. The zero-order chi connectivity index (χ0) is 15.3. The maximum atomic E-state index is 12.1. The van der Waals surface area contributed by atoms with Crippen LogP contribution in [0, 0.1) is 0 Å². The Labute approximate surface area is 139 Å². The van der Waals surface area contributed by atoms with Crippen molar-refractivity contribution in [3.8, 4) is 0 Å². The SMILES string of the molecule is CC(C)(C)OC(=O)N1CCCC(NCc2ccccc2)C1.Cl. The van der Waals surface area contributed by atoms with E-state index in [1.54, 1.807) is 0 Å². The van der Waals surface area contributed by atoms with Crippen LogP contribution < -0.4 is 5.32 Å². The molecule has 0 saturated carbocycles. The highest BCUT2D eigenvalue weighted by molar-refractivity contribution is 5.85. The second-order valence-corrected chi connectivity index (χ2v) is 6.63. The van der Waals surface area contributed by atoms with Crippen LogP contribution >= 0.6 is 12.4 Å². The Hall–Kier alpha value is -1.26. The summed E-state index contributed by atoms with van der Waals surface area (Å²) in [6.45, 7) is 8.06. The van der Waals surface area contributed by atoms with Gasteiger partial charge in [-0.3, -0.25) is 0 Å². The number of nitrogens with one attached hydrogen (secondary N) is 1. The number of nitrogens with zero attached hydrogens (tertiary/aromatic N) is 1. The van der Waals surface area contributed by atoms with E-state index in [-0.39, 0.29) is 18.5 Å². The molecule has 4 nitrogen and oxygen atoms in total. The van der Waals surface area contributed by atoms with Gasteiger partial charge in [-0.25, -0.2) is 4.79 Å². The van der Waals surface area contributed by atoms with Gasteiger partial charge in [0.25, 0.3) is 0 Å². The first-order valence-corrected chi connectivity index (χ1v) is 7.69. The largest absolute Gasteiger partial charge is 0.444 e. The molecule has 1 heterocycles. The molecule has 1 aliphatic heterocycles. The highest BCUT2D eigenvalue weighted by Gasteiger charge is 2.27. The van der Waals surface area contributed by atoms with Crippen molar-refractivity contribution in [2.45, 2.75) is 51.8 Å². The van der Waals surface area contributed by atoms with E-state index >= 15 is 0 Å². The van der Waals surface area contributed by atoms with Crippen molar-refractivity contribution in [3.05, 3.63) is 35.9 Å². The number of hydrogen-bond donors (Lipinski definition) is 1. The normalized spacial score (nSPS) is 18.5. The van der Waals surface area contributed by atoms with E-state index in [0.29, 0.717) is 6.04 Å². The van der Waals surface area contributed by atoms with Gasteiger partial charge >= 0.3 is 6.09 Å². The maximum Gasteiger partial charge on any atom is 0.410 e. The monoisotopic (exact) mass is 326 g/mol. The average molecular weight is 327 g/mol. The van der Waals surface area contributed by atoms with Crippen LogP contribution in [0.15, 0.2) is 30.3 Å². The van der Waals surface area contributed by atoms with Crippen LogP contribution in [-0.4, -0.2) is 35.7 Å². The molecule has 0 bridgehead atoms. The number of amides is 1. The smallest absolute Gasteiger partial charge is 0.410 e. The molecular weight excluding hydrogens is 300 g/mol. The zero-order valence-electron chi connectivity index (χ0n) is 13.7. The molecule has 1 aromatic rings. The van der Waals surface area contributed by atoms with E-state index in [0.717, 1.165) is 32.5 Å². The molecule has 22 heavy (non-hydrogen) atoms. The maximum absolute atomic E-state index is 12.1. The van der Waals surface area contributed by atoms with Gasteiger partial charge in [0.15, 0.2) is 0 Å². The Morgan fingerprint density at radius 1 is 1.32 bits per heavy atom. The first-order valence-electron chi connectivity index (χ1n) is 7.69. The lowest BCUT2D eigenvalue weighted by atomic mass is 10.1. The van der Waals surface area contributed by atoms with Gasteiger partial charge in [-0.2, -0.15) is 0 Å². The third kappa shape index (κ3) is 6.24. The lowest BCUT2D eigenvalue weighted by molar-refractivity contribution is 0.0187. The molecule has 1 N–H and O–H groups in total. The molecule has 1 unspecified atom stereocenters. The summed E-state index contributed by atoms with van der Waals surface area (Å²) in [5, 5.41) is 3.54. The summed E-state index contributed by atoms with van der Waals surface area (Å²) in [5.74, 6) is 0. The number of carbonyl (C=O) groups excluding carboxylic acids is 1. The summed E-state index contributed by atoms with van der Waals surface area (Å²) in [4.78, 5) is 13.9. The van der Waals surface area contributed by atoms with E-state index in [1.807, 2.05) is 43.9 Å². The lowest BCUT2D eigenvalue weighted by Crippen LogP contribution is -2.49. The Morgan fingerprint density at radius 3 is 2.64 bits per heavy atom. The van der Waals surface area contributed by atoms with Crippen molar-refractivity contribution < 1.29 is 9.53 Å².